The van der Waals surface area contributed by atoms with E-state index in [0.717, 1.165) is 23.9 Å². The molecule has 86 valence electrons. The number of hydrogen-bond donors (Lipinski definition) is 1. The average Bonchev–Trinajstić information content (AvgIpc) is 2.66. The van der Waals surface area contributed by atoms with E-state index in [1.165, 1.54) is 6.26 Å². The van der Waals surface area contributed by atoms with Crippen LogP contribution in [0.2, 0.25) is 0 Å². The molecule has 1 aromatic heterocycles. The van der Waals surface area contributed by atoms with Crippen molar-refractivity contribution < 1.29 is 8.81 Å². The monoisotopic (exact) mass is 221 g/mol. The molecule has 2 aromatic rings. The summed E-state index contributed by atoms with van der Waals surface area (Å²) in [6.07, 6.45) is 2.34. The molecular weight excluding hydrogens is 205 g/mol. The first-order chi connectivity index (χ1) is 7.70. The number of nitrogens with one attached hydrogen (secondary N) is 1. The molecular formula is C13H16FNO. The molecule has 2 nitrogen and oxygen atoms in total. The van der Waals surface area contributed by atoms with Gasteiger partial charge >= 0.3 is 0 Å². The Morgan fingerprint density at radius 3 is 3.00 bits per heavy atom. The number of likely N-dealkylation sites (N-methyl/N-ethyl adjacent to an activating group) is 1. The van der Waals surface area contributed by atoms with Crippen LogP contribution in [0.25, 0.3) is 11.0 Å². The summed E-state index contributed by atoms with van der Waals surface area (Å²) in [5, 5.41) is 4.14. The summed E-state index contributed by atoms with van der Waals surface area (Å²) in [6.45, 7) is 5.09. The first kappa shape index (κ1) is 11.1. The third-order valence-electron chi connectivity index (χ3n) is 2.66. The molecule has 1 aromatic carbocycles. The lowest BCUT2D eigenvalue weighted by Crippen LogP contribution is -2.27. The van der Waals surface area contributed by atoms with Gasteiger partial charge in [-0.05, 0) is 43.7 Å². The van der Waals surface area contributed by atoms with Crippen LogP contribution in [0.3, 0.4) is 0 Å². The maximum absolute atomic E-state index is 13.6. The minimum atomic E-state index is -0.277. The van der Waals surface area contributed by atoms with E-state index in [-0.39, 0.29) is 5.82 Å². The molecule has 0 bridgehead atoms. The summed E-state index contributed by atoms with van der Waals surface area (Å²) >= 11 is 0. The molecule has 16 heavy (non-hydrogen) atoms. The predicted molar refractivity (Wildman–Crippen MR) is 63.0 cm³/mol. The zero-order valence-corrected chi connectivity index (χ0v) is 9.59. The molecule has 0 aliphatic rings. The second-order valence-electron chi connectivity index (χ2n) is 4.08. The molecule has 1 N–H and O–H groups in total. The van der Waals surface area contributed by atoms with Crippen molar-refractivity contribution in [3.63, 3.8) is 0 Å². The minimum Gasteiger partial charge on any atom is -0.461 e. The van der Waals surface area contributed by atoms with Crippen LogP contribution in [0.1, 0.15) is 19.4 Å². The highest BCUT2D eigenvalue weighted by molar-refractivity contribution is 5.78. The van der Waals surface area contributed by atoms with Crippen LogP contribution in [-0.4, -0.2) is 12.6 Å². The van der Waals surface area contributed by atoms with Crippen molar-refractivity contribution >= 4 is 11.0 Å². The summed E-state index contributed by atoms with van der Waals surface area (Å²) < 4.78 is 18.7. The Labute approximate surface area is 94.4 Å². The van der Waals surface area contributed by atoms with Gasteiger partial charge in [-0.15, -0.1) is 0 Å². The standard InChI is InChI=1S/C13H16FNO/c1-3-15-9(2)6-10-7-11-4-5-16-13(11)12(14)8-10/h4-5,7-9,15H,3,6H2,1-2H3/t9-/m0/s1. The molecule has 0 aliphatic carbocycles. The maximum Gasteiger partial charge on any atom is 0.169 e. The van der Waals surface area contributed by atoms with E-state index in [0.29, 0.717) is 11.6 Å². The van der Waals surface area contributed by atoms with Gasteiger partial charge in [-0.25, -0.2) is 4.39 Å². The first-order valence-corrected chi connectivity index (χ1v) is 5.59. The highest BCUT2D eigenvalue weighted by Crippen LogP contribution is 2.21. The molecule has 0 spiro atoms. The Kier molecular flexibility index (Phi) is 3.25. The highest BCUT2D eigenvalue weighted by atomic mass is 19.1. The molecule has 0 saturated carbocycles. The van der Waals surface area contributed by atoms with Crippen LogP contribution in [-0.2, 0) is 6.42 Å². The van der Waals surface area contributed by atoms with E-state index in [1.54, 1.807) is 12.1 Å². The number of benzene rings is 1. The normalized spacial score (nSPS) is 13.2. The SMILES string of the molecule is CCN[C@@H](C)Cc1cc(F)c2occc2c1. The van der Waals surface area contributed by atoms with Gasteiger partial charge in [0.05, 0.1) is 6.26 Å². The van der Waals surface area contributed by atoms with Gasteiger partial charge in [0.15, 0.2) is 11.4 Å². The van der Waals surface area contributed by atoms with Crippen LogP contribution in [0.5, 0.6) is 0 Å². The van der Waals surface area contributed by atoms with E-state index >= 15 is 0 Å². The van der Waals surface area contributed by atoms with Crippen molar-refractivity contribution in [1.82, 2.24) is 5.32 Å². The van der Waals surface area contributed by atoms with Gasteiger partial charge < -0.3 is 9.73 Å². The van der Waals surface area contributed by atoms with Gasteiger partial charge in [-0.2, -0.15) is 0 Å². The van der Waals surface area contributed by atoms with E-state index in [1.807, 2.05) is 6.07 Å². The molecule has 0 amide bonds. The van der Waals surface area contributed by atoms with Crippen molar-refractivity contribution in [1.29, 1.82) is 0 Å². The lowest BCUT2D eigenvalue weighted by atomic mass is 10.1. The largest absolute Gasteiger partial charge is 0.461 e. The average molecular weight is 221 g/mol. The summed E-state index contributed by atoms with van der Waals surface area (Å²) in [7, 11) is 0. The number of hydrogen-bond acceptors (Lipinski definition) is 2. The van der Waals surface area contributed by atoms with Gasteiger partial charge in [0.2, 0.25) is 0 Å². The Balaban J connectivity index is 2.24. The van der Waals surface area contributed by atoms with Gasteiger partial charge in [0, 0.05) is 11.4 Å². The Bertz CT molecular complexity index is 478. The van der Waals surface area contributed by atoms with Gasteiger partial charge in [-0.3, -0.25) is 0 Å². The number of halogens is 1. The fraction of sp³-hybridized carbons (Fsp3) is 0.385. The Morgan fingerprint density at radius 1 is 1.44 bits per heavy atom. The zero-order chi connectivity index (χ0) is 11.5. The molecule has 0 aliphatic heterocycles. The minimum absolute atomic E-state index is 0.277. The summed E-state index contributed by atoms with van der Waals surface area (Å²) in [6, 6.07) is 5.68. The fourth-order valence-corrected chi connectivity index (χ4v) is 1.99. The smallest absolute Gasteiger partial charge is 0.169 e. The molecule has 0 saturated heterocycles. The highest BCUT2D eigenvalue weighted by Gasteiger charge is 2.08. The van der Waals surface area contributed by atoms with E-state index in [4.69, 9.17) is 4.42 Å². The van der Waals surface area contributed by atoms with Crippen molar-refractivity contribution in [2.24, 2.45) is 0 Å². The van der Waals surface area contributed by atoms with E-state index in [2.05, 4.69) is 19.2 Å². The van der Waals surface area contributed by atoms with Gasteiger partial charge in [0.25, 0.3) is 0 Å². The Hall–Kier alpha value is -1.35. The number of furan rings is 1. The molecule has 3 heteroatoms. The summed E-state index contributed by atoms with van der Waals surface area (Å²) in [4.78, 5) is 0. The lowest BCUT2D eigenvalue weighted by molar-refractivity contribution is 0.550. The topological polar surface area (TPSA) is 25.2 Å². The molecule has 1 heterocycles. The first-order valence-electron chi connectivity index (χ1n) is 5.59. The van der Waals surface area contributed by atoms with Crippen LogP contribution in [0.4, 0.5) is 4.39 Å². The lowest BCUT2D eigenvalue weighted by Gasteiger charge is -2.12. The number of rotatable bonds is 4. The molecule has 1 atom stereocenters. The second kappa shape index (κ2) is 4.66. The van der Waals surface area contributed by atoms with Crippen LogP contribution < -0.4 is 5.32 Å². The second-order valence-corrected chi connectivity index (χ2v) is 4.08. The molecule has 0 radical (unpaired) electrons. The van der Waals surface area contributed by atoms with Crippen molar-refractivity contribution in [2.45, 2.75) is 26.3 Å². The third-order valence-corrected chi connectivity index (χ3v) is 2.66. The van der Waals surface area contributed by atoms with E-state index < -0.39 is 0 Å². The Morgan fingerprint density at radius 2 is 2.25 bits per heavy atom. The molecule has 0 unspecified atom stereocenters. The van der Waals surface area contributed by atoms with E-state index in [9.17, 15) is 4.39 Å². The van der Waals surface area contributed by atoms with Crippen molar-refractivity contribution in [3.05, 3.63) is 35.8 Å². The van der Waals surface area contributed by atoms with Crippen molar-refractivity contribution in [2.75, 3.05) is 6.54 Å². The van der Waals surface area contributed by atoms with Gasteiger partial charge in [-0.1, -0.05) is 6.92 Å². The van der Waals surface area contributed by atoms with Crippen LogP contribution in [0, 0.1) is 5.82 Å². The third kappa shape index (κ3) is 2.25. The fourth-order valence-electron chi connectivity index (χ4n) is 1.99. The van der Waals surface area contributed by atoms with Crippen molar-refractivity contribution in [3.8, 4) is 0 Å². The maximum atomic E-state index is 13.6. The predicted octanol–water partition coefficient (Wildman–Crippen LogP) is 3.11. The quantitative estimate of drug-likeness (QED) is 0.858. The molecule has 0 fully saturated rings. The van der Waals surface area contributed by atoms with Crippen LogP contribution in [0.15, 0.2) is 28.9 Å². The summed E-state index contributed by atoms with van der Waals surface area (Å²) in [5.74, 6) is -0.277. The molecule has 2 rings (SSSR count). The van der Waals surface area contributed by atoms with Gasteiger partial charge in [0.1, 0.15) is 0 Å². The van der Waals surface area contributed by atoms with Crippen LogP contribution >= 0.6 is 0 Å². The summed E-state index contributed by atoms with van der Waals surface area (Å²) in [5.41, 5.74) is 1.35. The number of fused-ring (bicyclic) bond motifs is 1. The zero-order valence-electron chi connectivity index (χ0n) is 9.59.